The summed E-state index contributed by atoms with van der Waals surface area (Å²) in [5.41, 5.74) is 2.54. The highest BCUT2D eigenvalue weighted by molar-refractivity contribution is 6.09. The number of carbonyl (C=O) groups excluding carboxylic acids is 1. The van der Waals surface area contributed by atoms with Crippen LogP contribution >= 0.6 is 0 Å². The number of aliphatic hydroxyl groups is 1. The van der Waals surface area contributed by atoms with Crippen LogP contribution < -0.4 is 15.5 Å². The van der Waals surface area contributed by atoms with Gasteiger partial charge in [0.15, 0.2) is 5.82 Å². The number of rotatable bonds is 5. The lowest BCUT2D eigenvalue weighted by atomic mass is 9.93. The fourth-order valence-electron chi connectivity index (χ4n) is 3.64. The number of hydrogen-bond acceptors (Lipinski definition) is 10. The molecule has 0 radical (unpaired) electrons. The number of amides is 1. The second-order valence-electron chi connectivity index (χ2n) is 9.88. The van der Waals surface area contributed by atoms with E-state index in [1.54, 1.807) is 18.3 Å². The van der Waals surface area contributed by atoms with Crippen molar-refractivity contribution in [1.29, 1.82) is 5.41 Å². The normalized spacial score (nSPS) is 14.8. The number of aliphatic hydroxyl groups excluding tert-OH is 1. The standard InChI is InChI=1S/C26H32N8O3/c1-16-6-7-17(24(36)32-21(27)13-20(35)26(2,3)4)12-18(16)31-23-22-19(29-15-30-23)14-28-25(33-22)34-8-5-10-37-11-9-34/h6-7,12-15,35H,5,8-11H2,1-4H3,(H2,27,32,36)(H,29,30,31)/b20-13-. The number of aromatic nitrogens is 4. The van der Waals surface area contributed by atoms with Gasteiger partial charge in [0.25, 0.3) is 5.91 Å². The maximum Gasteiger partial charge on any atom is 0.256 e. The Labute approximate surface area is 215 Å². The van der Waals surface area contributed by atoms with Crippen LogP contribution in [0.1, 0.15) is 43.1 Å². The second kappa shape index (κ2) is 10.9. The van der Waals surface area contributed by atoms with Crippen LogP contribution in [-0.2, 0) is 4.74 Å². The molecule has 1 aliphatic heterocycles. The summed E-state index contributed by atoms with van der Waals surface area (Å²) in [6, 6.07) is 5.17. The number of anilines is 3. The van der Waals surface area contributed by atoms with Crippen molar-refractivity contribution in [3.8, 4) is 0 Å². The predicted octanol–water partition coefficient (Wildman–Crippen LogP) is 3.89. The Morgan fingerprint density at radius 3 is 2.78 bits per heavy atom. The first-order valence-corrected chi connectivity index (χ1v) is 12.1. The lowest BCUT2D eigenvalue weighted by Crippen LogP contribution is -2.29. The molecule has 11 heteroatoms. The predicted molar refractivity (Wildman–Crippen MR) is 143 cm³/mol. The van der Waals surface area contributed by atoms with Gasteiger partial charge >= 0.3 is 0 Å². The average Bonchev–Trinajstić information content (AvgIpc) is 3.14. The second-order valence-corrected chi connectivity index (χ2v) is 9.88. The zero-order chi connectivity index (χ0) is 26.6. The van der Waals surface area contributed by atoms with Crippen LogP contribution in [-0.4, -0.2) is 63.1 Å². The Morgan fingerprint density at radius 1 is 1.19 bits per heavy atom. The van der Waals surface area contributed by atoms with Crippen molar-refractivity contribution in [2.75, 3.05) is 36.5 Å². The smallest absolute Gasteiger partial charge is 0.256 e. The Kier molecular flexibility index (Phi) is 7.63. The summed E-state index contributed by atoms with van der Waals surface area (Å²) in [4.78, 5) is 32.8. The Balaban J connectivity index is 1.58. The molecule has 0 atom stereocenters. The van der Waals surface area contributed by atoms with E-state index in [-0.39, 0.29) is 11.6 Å². The monoisotopic (exact) mass is 504 g/mol. The zero-order valence-electron chi connectivity index (χ0n) is 21.5. The van der Waals surface area contributed by atoms with Crippen LogP contribution in [0.4, 0.5) is 17.5 Å². The lowest BCUT2D eigenvalue weighted by Gasteiger charge is -2.19. The summed E-state index contributed by atoms with van der Waals surface area (Å²) in [6.07, 6.45) is 5.26. The van der Waals surface area contributed by atoms with E-state index in [0.717, 1.165) is 25.1 Å². The number of hydrogen-bond donors (Lipinski definition) is 4. The Morgan fingerprint density at radius 2 is 2.00 bits per heavy atom. The zero-order valence-corrected chi connectivity index (χ0v) is 21.5. The van der Waals surface area contributed by atoms with E-state index >= 15 is 0 Å². The average molecular weight is 505 g/mol. The topological polar surface area (TPSA) is 149 Å². The van der Waals surface area contributed by atoms with Gasteiger partial charge in [0.05, 0.1) is 12.8 Å². The molecule has 194 valence electrons. The minimum absolute atomic E-state index is 0.00811. The number of nitrogens with one attached hydrogen (secondary N) is 3. The number of amidine groups is 1. The van der Waals surface area contributed by atoms with Crippen molar-refractivity contribution in [3.63, 3.8) is 0 Å². The first-order valence-electron chi connectivity index (χ1n) is 12.1. The molecule has 1 aliphatic rings. The third kappa shape index (κ3) is 6.36. The molecule has 37 heavy (non-hydrogen) atoms. The summed E-state index contributed by atoms with van der Waals surface area (Å²) in [5.74, 6) is 0.426. The molecule has 1 amide bonds. The minimum Gasteiger partial charge on any atom is -0.512 e. The fraction of sp³-hybridized carbons (Fsp3) is 0.385. The Bertz CT molecular complexity index is 1340. The minimum atomic E-state index is -0.525. The van der Waals surface area contributed by atoms with Gasteiger partial charge in [-0.2, -0.15) is 0 Å². The molecule has 4 N–H and O–H groups in total. The fourth-order valence-corrected chi connectivity index (χ4v) is 3.64. The highest BCUT2D eigenvalue weighted by Gasteiger charge is 2.18. The maximum atomic E-state index is 12.8. The molecule has 0 bridgehead atoms. The van der Waals surface area contributed by atoms with Crippen molar-refractivity contribution in [2.24, 2.45) is 5.41 Å². The summed E-state index contributed by atoms with van der Waals surface area (Å²) in [6.45, 7) is 10.2. The molecule has 2 aromatic heterocycles. The lowest BCUT2D eigenvalue weighted by molar-refractivity contribution is 0.0977. The number of allylic oxidation sites excluding steroid dienone is 1. The number of carbonyl (C=O) groups is 1. The molecule has 1 aromatic carbocycles. The van der Waals surface area contributed by atoms with Gasteiger partial charge in [-0.15, -0.1) is 0 Å². The van der Waals surface area contributed by atoms with Crippen molar-refractivity contribution in [3.05, 3.63) is 53.7 Å². The van der Waals surface area contributed by atoms with Crippen molar-refractivity contribution >= 4 is 40.2 Å². The van der Waals surface area contributed by atoms with Gasteiger partial charge in [-0.1, -0.05) is 26.8 Å². The summed E-state index contributed by atoms with van der Waals surface area (Å²) < 4.78 is 5.54. The third-order valence-electron chi connectivity index (χ3n) is 5.92. The summed E-state index contributed by atoms with van der Waals surface area (Å²) in [5, 5.41) is 23.9. The molecule has 1 saturated heterocycles. The maximum absolute atomic E-state index is 12.8. The van der Waals surface area contributed by atoms with Crippen LogP contribution in [0.15, 0.2) is 42.6 Å². The highest BCUT2D eigenvalue weighted by atomic mass is 16.5. The van der Waals surface area contributed by atoms with Gasteiger partial charge in [-0.3, -0.25) is 10.2 Å². The van der Waals surface area contributed by atoms with E-state index in [9.17, 15) is 9.90 Å². The molecule has 11 nitrogen and oxygen atoms in total. The molecular formula is C26H32N8O3. The molecule has 0 spiro atoms. The first kappa shape index (κ1) is 26.0. The van der Waals surface area contributed by atoms with Crippen LogP contribution in [0, 0.1) is 17.7 Å². The van der Waals surface area contributed by atoms with Crippen molar-refractivity contribution in [2.45, 2.75) is 34.1 Å². The molecular weight excluding hydrogens is 472 g/mol. The van der Waals surface area contributed by atoms with Gasteiger partial charge in [-0.25, -0.2) is 19.9 Å². The van der Waals surface area contributed by atoms with Crippen molar-refractivity contribution in [1.82, 2.24) is 25.3 Å². The quantitative estimate of drug-likeness (QED) is 0.230. The molecule has 0 aliphatic carbocycles. The van der Waals surface area contributed by atoms with Crippen LogP contribution in [0.5, 0.6) is 0 Å². The molecule has 3 aromatic rings. The van der Waals surface area contributed by atoms with E-state index in [4.69, 9.17) is 15.1 Å². The van der Waals surface area contributed by atoms with Crippen molar-refractivity contribution < 1.29 is 14.6 Å². The Hall–Kier alpha value is -4.12. The van der Waals surface area contributed by atoms with Gasteiger partial charge < -0.3 is 25.4 Å². The molecule has 0 saturated carbocycles. The molecule has 3 heterocycles. The number of fused-ring (bicyclic) bond motifs is 1. The van der Waals surface area contributed by atoms with Gasteiger partial charge in [-0.05, 0) is 31.0 Å². The molecule has 1 fully saturated rings. The molecule has 0 unspecified atom stereocenters. The van der Waals surface area contributed by atoms with E-state index in [1.807, 2.05) is 33.8 Å². The number of benzene rings is 1. The number of aryl methyl sites for hydroxylation is 1. The van der Waals surface area contributed by atoms with E-state index in [0.29, 0.717) is 47.2 Å². The molecule has 4 rings (SSSR count). The number of ether oxygens (including phenoxy) is 1. The largest absolute Gasteiger partial charge is 0.512 e. The van der Waals surface area contributed by atoms with E-state index < -0.39 is 11.3 Å². The third-order valence-corrected chi connectivity index (χ3v) is 5.92. The summed E-state index contributed by atoms with van der Waals surface area (Å²) in [7, 11) is 0. The number of nitrogens with zero attached hydrogens (tertiary/aromatic N) is 5. The van der Waals surface area contributed by atoms with Crippen LogP contribution in [0.25, 0.3) is 11.0 Å². The SMILES string of the molecule is Cc1ccc(C(=O)NC(=N)/C=C(\O)C(C)(C)C)cc1Nc1ncnc2cnc(N3CCCOCC3)nc12. The van der Waals surface area contributed by atoms with E-state index in [2.05, 4.69) is 30.5 Å². The summed E-state index contributed by atoms with van der Waals surface area (Å²) >= 11 is 0. The highest BCUT2D eigenvalue weighted by Crippen LogP contribution is 2.26. The van der Waals surface area contributed by atoms with Crippen LogP contribution in [0.3, 0.4) is 0 Å². The first-order chi connectivity index (χ1) is 17.6. The van der Waals surface area contributed by atoms with E-state index in [1.165, 1.54) is 12.4 Å². The van der Waals surface area contributed by atoms with Gasteiger partial charge in [0.1, 0.15) is 29.0 Å². The van der Waals surface area contributed by atoms with Gasteiger partial charge in [0.2, 0.25) is 5.95 Å². The van der Waals surface area contributed by atoms with Crippen LogP contribution in [0.2, 0.25) is 0 Å². The van der Waals surface area contributed by atoms with Gasteiger partial charge in [0, 0.05) is 42.4 Å².